The Balaban J connectivity index is 1.56. The summed E-state index contributed by atoms with van der Waals surface area (Å²) >= 11 is 0. The number of ketones is 1. The zero-order valence-corrected chi connectivity index (χ0v) is 14.8. The molecular weight excluding hydrogens is 336 g/mol. The van der Waals surface area contributed by atoms with E-state index >= 15 is 0 Å². The molecule has 2 aromatic carbocycles. The van der Waals surface area contributed by atoms with Crippen molar-refractivity contribution < 1.29 is 4.79 Å². The maximum Gasteiger partial charge on any atom is 0.210 e. The third-order valence-corrected chi connectivity index (χ3v) is 4.24. The zero-order valence-electron chi connectivity index (χ0n) is 14.8. The molecule has 0 fully saturated rings. The second-order valence-corrected chi connectivity index (χ2v) is 6.29. The fourth-order valence-electron chi connectivity index (χ4n) is 2.90. The van der Waals surface area contributed by atoms with Gasteiger partial charge >= 0.3 is 0 Å². The Kier molecular flexibility index (Phi) is 4.49. The fraction of sp³-hybridized carbons (Fsp3) is 0.0455. The van der Waals surface area contributed by atoms with Crippen molar-refractivity contribution in [3.63, 3.8) is 0 Å². The van der Waals surface area contributed by atoms with Crippen LogP contribution in [-0.2, 0) is 0 Å². The van der Waals surface area contributed by atoms with Crippen LogP contribution in [0.2, 0.25) is 0 Å². The number of carbonyl (C=O) groups excluding carboxylic acids is 1. The first-order valence-corrected chi connectivity index (χ1v) is 8.63. The Morgan fingerprint density at radius 2 is 1.78 bits per heavy atom. The number of aromatic nitrogens is 3. The number of nitrogens with one attached hydrogen (secondary N) is 2. The maximum absolute atomic E-state index is 12.8. The molecule has 4 aromatic rings. The van der Waals surface area contributed by atoms with Crippen LogP contribution < -0.4 is 5.32 Å². The number of aryl methyl sites for hydroxylation is 1. The van der Waals surface area contributed by atoms with Crippen LogP contribution in [0.4, 0.5) is 11.6 Å². The SMILES string of the molecule is Cc1cccc(Nc2ncc(C(=O)c3cccc(-c4ccncc4)c3)[nH]2)c1. The highest BCUT2D eigenvalue weighted by atomic mass is 16.1. The van der Waals surface area contributed by atoms with E-state index in [1.54, 1.807) is 18.6 Å². The number of carbonyl (C=O) groups is 1. The van der Waals surface area contributed by atoms with Crippen LogP contribution in [0.5, 0.6) is 0 Å². The molecule has 5 heteroatoms. The van der Waals surface area contributed by atoms with Gasteiger partial charge < -0.3 is 10.3 Å². The number of aromatic amines is 1. The summed E-state index contributed by atoms with van der Waals surface area (Å²) in [5.41, 5.74) is 5.11. The first-order chi connectivity index (χ1) is 13.2. The Labute approximate surface area is 157 Å². The first kappa shape index (κ1) is 16.7. The maximum atomic E-state index is 12.8. The van der Waals surface area contributed by atoms with Crippen LogP contribution in [0.15, 0.2) is 79.3 Å². The molecular formula is C22H18N4O. The summed E-state index contributed by atoms with van der Waals surface area (Å²) < 4.78 is 0. The Morgan fingerprint density at radius 3 is 2.59 bits per heavy atom. The fourth-order valence-corrected chi connectivity index (χ4v) is 2.90. The van der Waals surface area contributed by atoms with E-state index in [9.17, 15) is 4.79 Å². The van der Waals surface area contributed by atoms with Gasteiger partial charge in [-0.2, -0.15) is 0 Å². The summed E-state index contributed by atoms with van der Waals surface area (Å²) in [6.07, 6.45) is 5.03. The number of rotatable bonds is 5. The molecule has 0 atom stereocenters. The molecule has 0 bridgehead atoms. The normalized spacial score (nSPS) is 10.6. The van der Waals surface area contributed by atoms with Gasteiger partial charge in [0.25, 0.3) is 0 Å². The van der Waals surface area contributed by atoms with Gasteiger partial charge in [0.15, 0.2) is 0 Å². The van der Waals surface area contributed by atoms with Gasteiger partial charge in [-0.1, -0.05) is 30.3 Å². The van der Waals surface area contributed by atoms with E-state index in [0.29, 0.717) is 17.2 Å². The van der Waals surface area contributed by atoms with Gasteiger partial charge in [0.05, 0.1) is 6.20 Å². The summed E-state index contributed by atoms with van der Waals surface area (Å²) in [7, 11) is 0. The molecule has 2 N–H and O–H groups in total. The van der Waals surface area contributed by atoms with E-state index in [-0.39, 0.29) is 5.78 Å². The van der Waals surface area contributed by atoms with E-state index in [2.05, 4.69) is 20.3 Å². The summed E-state index contributed by atoms with van der Waals surface area (Å²) in [6.45, 7) is 2.03. The van der Waals surface area contributed by atoms with Crippen molar-refractivity contribution in [3.05, 3.63) is 96.1 Å². The quantitative estimate of drug-likeness (QED) is 0.507. The van der Waals surface area contributed by atoms with E-state index in [1.165, 1.54) is 0 Å². The minimum absolute atomic E-state index is 0.101. The number of pyridine rings is 1. The summed E-state index contributed by atoms with van der Waals surface area (Å²) in [6, 6.07) is 19.4. The van der Waals surface area contributed by atoms with Crippen molar-refractivity contribution in [1.29, 1.82) is 0 Å². The highest BCUT2D eigenvalue weighted by Crippen LogP contribution is 2.21. The molecule has 132 valence electrons. The van der Waals surface area contributed by atoms with Crippen molar-refractivity contribution in [1.82, 2.24) is 15.0 Å². The smallest absolute Gasteiger partial charge is 0.210 e. The van der Waals surface area contributed by atoms with Gasteiger partial charge in [0, 0.05) is 23.6 Å². The topological polar surface area (TPSA) is 70.7 Å². The Bertz CT molecular complexity index is 1090. The Hall–Kier alpha value is -3.73. The lowest BCUT2D eigenvalue weighted by Gasteiger charge is -2.05. The molecule has 0 saturated heterocycles. The van der Waals surface area contributed by atoms with Crippen LogP contribution in [0.3, 0.4) is 0 Å². The molecule has 0 aliphatic carbocycles. The van der Waals surface area contributed by atoms with Crippen LogP contribution >= 0.6 is 0 Å². The lowest BCUT2D eigenvalue weighted by molar-refractivity contribution is 0.103. The number of imidazole rings is 1. The van der Waals surface area contributed by atoms with Gasteiger partial charge in [-0.3, -0.25) is 9.78 Å². The number of anilines is 2. The average Bonchev–Trinajstić information content (AvgIpc) is 3.16. The summed E-state index contributed by atoms with van der Waals surface area (Å²) in [4.78, 5) is 24.2. The van der Waals surface area contributed by atoms with Gasteiger partial charge in [-0.15, -0.1) is 0 Å². The van der Waals surface area contributed by atoms with Crippen LogP contribution in [-0.4, -0.2) is 20.7 Å². The van der Waals surface area contributed by atoms with Crippen LogP contribution in [0, 0.1) is 6.92 Å². The van der Waals surface area contributed by atoms with E-state index in [0.717, 1.165) is 22.4 Å². The molecule has 0 saturated carbocycles. The predicted octanol–water partition coefficient (Wildman–Crippen LogP) is 4.75. The molecule has 4 rings (SSSR count). The first-order valence-electron chi connectivity index (χ1n) is 8.63. The van der Waals surface area contributed by atoms with Gasteiger partial charge in [0.1, 0.15) is 5.69 Å². The highest BCUT2D eigenvalue weighted by Gasteiger charge is 2.13. The minimum atomic E-state index is -0.101. The molecule has 0 unspecified atom stereocenters. The molecule has 0 spiro atoms. The lowest BCUT2D eigenvalue weighted by atomic mass is 10.0. The molecule has 27 heavy (non-hydrogen) atoms. The zero-order chi connectivity index (χ0) is 18.6. The van der Waals surface area contributed by atoms with Crippen molar-refractivity contribution in [3.8, 4) is 11.1 Å². The number of hydrogen-bond acceptors (Lipinski definition) is 4. The number of H-pyrrole nitrogens is 1. The predicted molar refractivity (Wildman–Crippen MR) is 106 cm³/mol. The molecule has 2 heterocycles. The second kappa shape index (κ2) is 7.25. The number of benzene rings is 2. The second-order valence-electron chi connectivity index (χ2n) is 6.29. The molecule has 0 aliphatic heterocycles. The van der Waals surface area contributed by atoms with Crippen LogP contribution in [0.25, 0.3) is 11.1 Å². The monoisotopic (exact) mass is 354 g/mol. The van der Waals surface area contributed by atoms with Crippen molar-refractivity contribution in [2.75, 3.05) is 5.32 Å². The summed E-state index contributed by atoms with van der Waals surface area (Å²) in [5.74, 6) is 0.435. The highest BCUT2D eigenvalue weighted by molar-refractivity contribution is 6.08. The minimum Gasteiger partial charge on any atom is -0.326 e. The molecule has 0 radical (unpaired) electrons. The van der Waals surface area contributed by atoms with Crippen molar-refractivity contribution >= 4 is 17.4 Å². The van der Waals surface area contributed by atoms with Crippen molar-refractivity contribution in [2.45, 2.75) is 6.92 Å². The van der Waals surface area contributed by atoms with Gasteiger partial charge in [-0.25, -0.2) is 4.98 Å². The lowest BCUT2D eigenvalue weighted by Crippen LogP contribution is -2.02. The third-order valence-electron chi connectivity index (χ3n) is 4.24. The molecule has 0 aliphatic rings. The standard InChI is InChI=1S/C22H18N4O/c1-15-4-2-7-19(12-15)25-22-24-14-20(26-22)21(27)18-6-3-5-17(13-18)16-8-10-23-11-9-16/h2-14H,1H3,(H2,24,25,26). The third kappa shape index (κ3) is 3.77. The van der Waals surface area contributed by atoms with E-state index in [4.69, 9.17) is 0 Å². The molecule has 5 nitrogen and oxygen atoms in total. The number of nitrogens with zero attached hydrogens (tertiary/aromatic N) is 2. The van der Waals surface area contributed by atoms with Gasteiger partial charge in [0.2, 0.25) is 11.7 Å². The van der Waals surface area contributed by atoms with E-state index < -0.39 is 0 Å². The molecule has 2 aromatic heterocycles. The molecule has 0 amide bonds. The average molecular weight is 354 g/mol. The van der Waals surface area contributed by atoms with Crippen molar-refractivity contribution in [2.24, 2.45) is 0 Å². The summed E-state index contributed by atoms with van der Waals surface area (Å²) in [5, 5.41) is 3.18. The van der Waals surface area contributed by atoms with Crippen LogP contribution in [0.1, 0.15) is 21.6 Å². The van der Waals surface area contributed by atoms with E-state index in [1.807, 2.05) is 67.6 Å². The van der Waals surface area contributed by atoms with Gasteiger partial charge in [-0.05, 0) is 53.9 Å². The largest absolute Gasteiger partial charge is 0.326 e. The number of hydrogen-bond donors (Lipinski definition) is 2. The Morgan fingerprint density at radius 1 is 0.963 bits per heavy atom.